The molecule has 18 heavy (non-hydrogen) atoms. The number of hydrogen-bond donors (Lipinski definition) is 1. The van der Waals surface area contributed by atoms with E-state index in [-0.39, 0.29) is 0 Å². The predicted octanol–water partition coefficient (Wildman–Crippen LogP) is 3.59. The lowest BCUT2D eigenvalue weighted by molar-refractivity contribution is 0.0960. The number of rotatable bonds is 9. The summed E-state index contributed by atoms with van der Waals surface area (Å²) in [6.45, 7) is 12.0. The zero-order valence-corrected chi connectivity index (χ0v) is 12.2. The molecule has 0 fully saturated rings. The van der Waals surface area contributed by atoms with Crippen molar-refractivity contribution in [2.24, 2.45) is 11.8 Å². The van der Waals surface area contributed by atoms with Crippen molar-refractivity contribution < 1.29 is 9.15 Å². The van der Waals surface area contributed by atoms with Crippen molar-refractivity contribution >= 4 is 0 Å². The van der Waals surface area contributed by atoms with E-state index in [1.54, 1.807) is 0 Å². The van der Waals surface area contributed by atoms with Crippen molar-refractivity contribution in [1.82, 2.24) is 5.32 Å². The van der Waals surface area contributed by atoms with Gasteiger partial charge in [-0.1, -0.05) is 27.7 Å². The van der Waals surface area contributed by atoms with Crippen LogP contribution in [-0.2, 0) is 17.9 Å². The summed E-state index contributed by atoms with van der Waals surface area (Å²) in [4.78, 5) is 0. The highest BCUT2D eigenvalue weighted by Crippen LogP contribution is 2.10. The van der Waals surface area contributed by atoms with Gasteiger partial charge in [0.05, 0.1) is 6.54 Å². The van der Waals surface area contributed by atoms with Gasteiger partial charge in [-0.05, 0) is 36.9 Å². The van der Waals surface area contributed by atoms with Gasteiger partial charge in [0.15, 0.2) is 0 Å². The molecule has 0 aliphatic rings. The summed E-state index contributed by atoms with van der Waals surface area (Å²) in [6, 6.07) is 4.02. The van der Waals surface area contributed by atoms with E-state index in [4.69, 9.17) is 9.15 Å². The van der Waals surface area contributed by atoms with Crippen LogP contribution in [0.2, 0.25) is 0 Å². The maximum Gasteiger partial charge on any atom is 0.129 e. The van der Waals surface area contributed by atoms with Gasteiger partial charge in [-0.2, -0.15) is 0 Å². The van der Waals surface area contributed by atoms with E-state index in [1.807, 2.05) is 12.1 Å². The van der Waals surface area contributed by atoms with Crippen molar-refractivity contribution in [3.8, 4) is 0 Å². The Morgan fingerprint density at radius 1 is 1.11 bits per heavy atom. The van der Waals surface area contributed by atoms with Gasteiger partial charge in [0, 0.05) is 6.61 Å². The molecule has 0 saturated carbocycles. The van der Waals surface area contributed by atoms with Crippen molar-refractivity contribution in [2.45, 2.75) is 47.3 Å². The van der Waals surface area contributed by atoms with E-state index in [0.717, 1.165) is 37.6 Å². The third kappa shape index (κ3) is 6.82. The van der Waals surface area contributed by atoms with Crippen molar-refractivity contribution in [1.29, 1.82) is 0 Å². The Kier molecular flexibility index (Phi) is 7.06. The third-order valence-electron chi connectivity index (χ3n) is 2.65. The van der Waals surface area contributed by atoms with Gasteiger partial charge in [0.25, 0.3) is 0 Å². The summed E-state index contributed by atoms with van der Waals surface area (Å²) >= 11 is 0. The molecule has 1 aromatic rings. The average Bonchev–Trinajstić information content (AvgIpc) is 2.72. The smallest absolute Gasteiger partial charge is 0.129 e. The topological polar surface area (TPSA) is 34.4 Å². The second-order valence-electron chi connectivity index (χ2n) is 5.63. The van der Waals surface area contributed by atoms with E-state index in [2.05, 4.69) is 33.0 Å². The molecule has 1 aromatic heterocycles. The van der Waals surface area contributed by atoms with Crippen LogP contribution in [0.1, 0.15) is 45.6 Å². The molecule has 1 rings (SSSR count). The van der Waals surface area contributed by atoms with E-state index in [1.165, 1.54) is 0 Å². The average molecular weight is 253 g/mol. The molecule has 0 radical (unpaired) electrons. The molecule has 1 heterocycles. The van der Waals surface area contributed by atoms with Crippen molar-refractivity contribution in [2.75, 3.05) is 13.2 Å². The highest BCUT2D eigenvalue weighted by Gasteiger charge is 2.03. The molecule has 0 bridgehead atoms. The summed E-state index contributed by atoms with van der Waals surface area (Å²) in [5, 5.41) is 3.36. The Morgan fingerprint density at radius 3 is 2.50 bits per heavy atom. The molecule has 3 heteroatoms. The minimum Gasteiger partial charge on any atom is -0.462 e. The first-order valence-corrected chi connectivity index (χ1v) is 6.94. The second-order valence-corrected chi connectivity index (χ2v) is 5.63. The molecule has 0 aromatic carbocycles. The Bertz CT molecular complexity index is 318. The van der Waals surface area contributed by atoms with Crippen molar-refractivity contribution in [3.63, 3.8) is 0 Å². The van der Waals surface area contributed by atoms with Gasteiger partial charge >= 0.3 is 0 Å². The summed E-state index contributed by atoms with van der Waals surface area (Å²) < 4.78 is 11.3. The first kappa shape index (κ1) is 15.3. The minimum atomic E-state index is 0.580. The van der Waals surface area contributed by atoms with Gasteiger partial charge < -0.3 is 14.5 Å². The van der Waals surface area contributed by atoms with Gasteiger partial charge in [0.1, 0.15) is 18.1 Å². The van der Waals surface area contributed by atoms with Crippen LogP contribution in [0.3, 0.4) is 0 Å². The summed E-state index contributed by atoms with van der Waals surface area (Å²) in [5.41, 5.74) is 0. The minimum absolute atomic E-state index is 0.580. The van der Waals surface area contributed by atoms with Gasteiger partial charge in [-0.3, -0.25) is 0 Å². The molecule has 0 saturated heterocycles. The normalized spacial score (nSPS) is 11.7. The maximum absolute atomic E-state index is 5.69. The lowest BCUT2D eigenvalue weighted by Gasteiger charge is -2.06. The molecular formula is C15H27NO2. The molecule has 104 valence electrons. The number of nitrogens with one attached hydrogen (secondary N) is 1. The van der Waals surface area contributed by atoms with E-state index in [0.29, 0.717) is 18.4 Å². The quantitative estimate of drug-likeness (QED) is 0.683. The molecule has 3 nitrogen and oxygen atoms in total. The van der Waals surface area contributed by atoms with Crippen LogP contribution in [0.5, 0.6) is 0 Å². The Morgan fingerprint density at radius 2 is 1.83 bits per heavy atom. The van der Waals surface area contributed by atoms with E-state index in [9.17, 15) is 0 Å². The van der Waals surface area contributed by atoms with Crippen LogP contribution in [-0.4, -0.2) is 13.2 Å². The van der Waals surface area contributed by atoms with E-state index < -0.39 is 0 Å². The molecule has 0 aliphatic carbocycles. The zero-order chi connectivity index (χ0) is 13.4. The number of furan rings is 1. The van der Waals surface area contributed by atoms with Crippen LogP contribution in [0, 0.1) is 11.8 Å². The molecule has 0 aliphatic heterocycles. The van der Waals surface area contributed by atoms with Crippen LogP contribution in [0.4, 0.5) is 0 Å². The summed E-state index contributed by atoms with van der Waals surface area (Å²) in [6.07, 6.45) is 1.10. The Hall–Kier alpha value is -0.800. The maximum atomic E-state index is 5.69. The SMILES string of the molecule is CC(C)CCOCc1ccc(CNCC(C)C)o1. The molecule has 0 amide bonds. The monoisotopic (exact) mass is 253 g/mol. The fourth-order valence-corrected chi connectivity index (χ4v) is 1.57. The number of ether oxygens (including phenoxy) is 1. The van der Waals surface area contributed by atoms with Crippen LogP contribution >= 0.6 is 0 Å². The number of hydrogen-bond acceptors (Lipinski definition) is 3. The molecule has 1 N–H and O–H groups in total. The fraction of sp³-hybridized carbons (Fsp3) is 0.733. The lowest BCUT2D eigenvalue weighted by atomic mass is 10.1. The third-order valence-corrected chi connectivity index (χ3v) is 2.65. The Labute approximate surface area is 111 Å². The van der Waals surface area contributed by atoms with Crippen LogP contribution in [0.15, 0.2) is 16.5 Å². The summed E-state index contributed by atoms with van der Waals surface area (Å²) in [5.74, 6) is 3.26. The van der Waals surface area contributed by atoms with E-state index >= 15 is 0 Å². The second kappa shape index (κ2) is 8.33. The Balaban J connectivity index is 2.17. The standard InChI is InChI=1S/C15H27NO2/c1-12(2)7-8-17-11-15-6-5-14(18-15)10-16-9-13(3)4/h5-6,12-13,16H,7-11H2,1-4H3. The van der Waals surface area contributed by atoms with Crippen LogP contribution < -0.4 is 5.32 Å². The lowest BCUT2D eigenvalue weighted by Crippen LogP contribution is -2.18. The zero-order valence-electron chi connectivity index (χ0n) is 12.2. The first-order valence-electron chi connectivity index (χ1n) is 6.94. The molecular weight excluding hydrogens is 226 g/mol. The largest absolute Gasteiger partial charge is 0.462 e. The fourth-order valence-electron chi connectivity index (χ4n) is 1.57. The summed E-state index contributed by atoms with van der Waals surface area (Å²) in [7, 11) is 0. The van der Waals surface area contributed by atoms with Crippen LogP contribution in [0.25, 0.3) is 0 Å². The highest BCUT2D eigenvalue weighted by molar-refractivity contribution is 5.06. The predicted molar refractivity (Wildman–Crippen MR) is 74.4 cm³/mol. The molecule has 0 atom stereocenters. The molecule has 0 spiro atoms. The van der Waals surface area contributed by atoms with Gasteiger partial charge in [0.2, 0.25) is 0 Å². The molecule has 0 unspecified atom stereocenters. The van der Waals surface area contributed by atoms with Crippen molar-refractivity contribution in [3.05, 3.63) is 23.7 Å². The van der Waals surface area contributed by atoms with Gasteiger partial charge in [-0.25, -0.2) is 0 Å². The highest BCUT2D eigenvalue weighted by atomic mass is 16.5. The van der Waals surface area contributed by atoms with Gasteiger partial charge in [-0.15, -0.1) is 0 Å². The first-order chi connectivity index (χ1) is 8.58.